The van der Waals surface area contributed by atoms with E-state index in [2.05, 4.69) is 74.6 Å². The third-order valence-corrected chi connectivity index (χ3v) is 8.19. The number of allylic oxidation sites excluding steroid dienone is 1. The molecule has 0 amide bonds. The van der Waals surface area contributed by atoms with Crippen LogP contribution in [0.1, 0.15) is 49.7 Å². The van der Waals surface area contributed by atoms with Gasteiger partial charge in [-0.1, -0.05) is 111 Å². The number of benzene rings is 2. The van der Waals surface area contributed by atoms with Crippen molar-refractivity contribution in [2.45, 2.75) is 58.2 Å². The van der Waals surface area contributed by atoms with Gasteiger partial charge in [-0.3, -0.25) is 0 Å². The van der Waals surface area contributed by atoms with Crippen LogP contribution in [0.15, 0.2) is 48.0 Å². The smallest absolute Gasteiger partial charge is 0.0656 e. The van der Waals surface area contributed by atoms with Crippen molar-refractivity contribution >= 4 is 19.3 Å². The van der Waals surface area contributed by atoms with Crippen LogP contribution >= 0.6 is 0 Å². The van der Waals surface area contributed by atoms with Gasteiger partial charge in [-0.2, -0.15) is 0 Å². The molecule has 27 heavy (non-hydrogen) atoms. The van der Waals surface area contributed by atoms with Gasteiger partial charge >= 0.3 is 0 Å². The molecule has 0 bridgehead atoms. The van der Waals surface area contributed by atoms with Gasteiger partial charge in [-0.05, 0) is 34.6 Å². The van der Waals surface area contributed by atoms with E-state index in [1.807, 2.05) is 0 Å². The largest absolute Gasteiger partial charge is 0.0775 e. The molecule has 0 N–H and O–H groups in total. The third kappa shape index (κ3) is 4.83. The first kappa shape index (κ1) is 21.0. The van der Waals surface area contributed by atoms with Gasteiger partial charge in [0.2, 0.25) is 0 Å². The van der Waals surface area contributed by atoms with E-state index in [1.165, 1.54) is 71.5 Å². The summed E-state index contributed by atoms with van der Waals surface area (Å²) in [5.74, 6) is 0.903. The molecule has 1 radical (unpaired) electrons. The predicted octanol–water partition coefficient (Wildman–Crippen LogP) is 6.82. The molecular formula is C25H31SiZr. The van der Waals surface area contributed by atoms with Crippen LogP contribution in [-0.4, -0.2) is 8.07 Å². The molecule has 0 unspecified atom stereocenters. The molecule has 0 aliphatic heterocycles. The average Bonchev–Trinajstić information content (AvgIpc) is 3.04. The first-order valence-electron chi connectivity index (χ1n) is 10.3. The first-order valence-corrected chi connectivity index (χ1v) is 13.8. The summed E-state index contributed by atoms with van der Waals surface area (Å²) in [4.78, 5) is 0. The van der Waals surface area contributed by atoms with Gasteiger partial charge in [0.1, 0.15) is 0 Å². The summed E-state index contributed by atoms with van der Waals surface area (Å²) in [5.41, 5.74) is 7.12. The molecular weight excluding hydrogens is 420 g/mol. The van der Waals surface area contributed by atoms with Crippen LogP contribution in [-0.2, 0) is 26.2 Å². The molecule has 1 fully saturated rings. The van der Waals surface area contributed by atoms with Gasteiger partial charge in [0, 0.05) is 32.6 Å². The second kappa shape index (κ2) is 8.75. The normalized spacial score (nSPS) is 17.2. The maximum atomic E-state index is 2.46. The number of hydrogen-bond donors (Lipinski definition) is 0. The molecule has 139 valence electrons. The number of hydrogen-bond acceptors (Lipinski definition) is 0. The topological polar surface area (TPSA) is 0 Å². The van der Waals surface area contributed by atoms with E-state index >= 15 is 0 Å². The quantitative estimate of drug-likeness (QED) is 0.448. The van der Waals surface area contributed by atoms with Gasteiger partial charge < -0.3 is 0 Å². The van der Waals surface area contributed by atoms with Gasteiger partial charge in [0.05, 0.1) is 8.07 Å². The summed E-state index contributed by atoms with van der Waals surface area (Å²) < 4.78 is 0. The van der Waals surface area contributed by atoms with Crippen LogP contribution in [0.3, 0.4) is 0 Å². The Kier molecular flexibility index (Phi) is 6.80. The molecule has 0 saturated heterocycles. The molecule has 4 rings (SSSR count). The van der Waals surface area contributed by atoms with E-state index in [1.54, 1.807) is 0 Å². The molecule has 0 nitrogen and oxygen atoms in total. The van der Waals surface area contributed by atoms with Crippen LogP contribution in [0.2, 0.25) is 19.6 Å². The summed E-state index contributed by atoms with van der Waals surface area (Å²) in [6, 6.07) is 16.1. The number of fused-ring (bicyclic) bond motifs is 1. The summed E-state index contributed by atoms with van der Waals surface area (Å²) in [7, 11) is -1.23. The van der Waals surface area contributed by atoms with Gasteiger partial charge in [-0.15, -0.1) is 0 Å². The van der Waals surface area contributed by atoms with Crippen molar-refractivity contribution in [1.29, 1.82) is 0 Å². The Morgan fingerprint density at radius 3 is 2.26 bits per heavy atom. The maximum Gasteiger partial charge on any atom is 0.0775 e. The molecule has 1 saturated carbocycles. The minimum atomic E-state index is -1.23. The van der Waals surface area contributed by atoms with E-state index in [0.29, 0.717) is 0 Å². The summed E-state index contributed by atoms with van der Waals surface area (Å²) >= 11 is 0. The molecule has 2 aromatic carbocycles. The summed E-state index contributed by atoms with van der Waals surface area (Å²) in [5, 5.41) is 1.54. The SMILES string of the molecule is C[Si](C)(C)c1ccc(-c2cccc3c2C=C(CC2CCCCC2)[CH]3)cc1.[Zr]. The zero-order valence-electron chi connectivity index (χ0n) is 17.0. The Bertz CT molecular complexity index is 805. The molecule has 2 aliphatic carbocycles. The van der Waals surface area contributed by atoms with E-state index in [4.69, 9.17) is 0 Å². The van der Waals surface area contributed by atoms with Crippen LogP contribution in [0.4, 0.5) is 0 Å². The van der Waals surface area contributed by atoms with Gasteiger partial charge in [-0.25, -0.2) is 0 Å². The maximum absolute atomic E-state index is 2.46. The zero-order valence-corrected chi connectivity index (χ0v) is 20.5. The molecule has 2 aromatic rings. The molecule has 0 atom stereocenters. The van der Waals surface area contributed by atoms with E-state index in [9.17, 15) is 0 Å². The van der Waals surface area contributed by atoms with Crippen molar-refractivity contribution in [3.63, 3.8) is 0 Å². The van der Waals surface area contributed by atoms with E-state index in [0.717, 1.165) is 5.92 Å². The van der Waals surface area contributed by atoms with Crippen molar-refractivity contribution in [3.8, 4) is 11.1 Å². The van der Waals surface area contributed by atoms with Crippen molar-refractivity contribution in [1.82, 2.24) is 0 Å². The summed E-state index contributed by atoms with van der Waals surface area (Å²) in [6.07, 6.45) is 13.3. The van der Waals surface area contributed by atoms with E-state index in [-0.39, 0.29) is 26.2 Å². The van der Waals surface area contributed by atoms with Gasteiger partial charge in [0.25, 0.3) is 0 Å². The molecule has 2 aliphatic rings. The minimum Gasteiger partial charge on any atom is -0.0656 e. The second-order valence-electron chi connectivity index (χ2n) is 9.21. The van der Waals surface area contributed by atoms with Crippen LogP contribution in [0.25, 0.3) is 17.2 Å². The summed E-state index contributed by atoms with van der Waals surface area (Å²) in [6.45, 7) is 7.24. The average molecular weight is 451 g/mol. The Hall–Kier alpha value is -0.720. The number of rotatable bonds is 4. The van der Waals surface area contributed by atoms with E-state index < -0.39 is 8.07 Å². The van der Waals surface area contributed by atoms with Crippen LogP contribution < -0.4 is 5.19 Å². The Balaban J connectivity index is 0.00000210. The molecule has 0 heterocycles. The predicted molar refractivity (Wildman–Crippen MR) is 117 cm³/mol. The Morgan fingerprint density at radius 1 is 0.889 bits per heavy atom. The molecule has 0 spiro atoms. The van der Waals surface area contributed by atoms with Crippen LogP contribution in [0, 0.1) is 12.3 Å². The van der Waals surface area contributed by atoms with Crippen molar-refractivity contribution in [2.24, 2.45) is 5.92 Å². The first-order chi connectivity index (χ1) is 12.5. The van der Waals surface area contributed by atoms with Gasteiger partial charge in [0.15, 0.2) is 0 Å². The Labute approximate surface area is 185 Å². The second-order valence-corrected chi connectivity index (χ2v) is 14.3. The van der Waals surface area contributed by atoms with Crippen molar-refractivity contribution < 1.29 is 26.2 Å². The minimum absolute atomic E-state index is 0. The van der Waals surface area contributed by atoms with Crippen molar-refractivity contribution in [3.05, 3.63) is 65.6 Å². The Morgan fingerprint density at radius 2 is 1.59 bits per heavy atom. The fourth-order valence-electron chi connectivity index (χ4n) is 4.54. The standard InChI is InChI=1S/C25H31Si.Zr/c1-26(2,3)23-14-12-21(13-15-23)24-11-7-10-22-17-20(18-25(22)24)16-19-8-5-4-6-9-19;/h7,10-15,17-19H,4-6,8-9,16H2,1-3H3;. The fraction of sp³-hybridized carbons (Fsp3) is 0.400. The van der Waals surface area contributed by atoms with Crippen molar-refractivity contribution in [2.75, 3.05) is 0 Å². The molecule has 2 heteroatoms. The monoisotopic (exact) mass is 449 g/mol. The molecule has 0 aromatic heterocycles. The fourth-order valence-corrected chi connectivity index (χ4v) is 5.71. The van der Waals surface area contributed by atoms with Crippen LogP contribution in [0.5, 0.6) is 0 Å². The third-order valence-electron chi connectivity index (χ3n) is 6.12. The zero-order chi connectivity index (χ0) is 18.1.